The maximum absolute atomic E-state index is 6.54. The van der Waals surface area contributed by atoms with Gasteiger partial charge in [-0.15, -0.1) is 22.9 Å². The summed E-state index contributed by atoms with van der Waals surface area (Å²) in [6.07, 6.45) is 0.709. The number of hydrogen-bond donors (Lipinski definition) is 0. The van der Waals surface area contributed by atoms with Gasteiger partial charge in [-0.3, -0.25) is 0 Å². The zero-order valence-electron chi connectivity index (χ0n) is 11.1. The van der Waals surface area contributed by atoms with Gasteiger partial charge in [0.15, 0.2) is 11.5 Å². The predicted molar refractivity (Wildman–Crippen MR) is 84.5 cm³/mol. The molecule has 5 heteroatoms. The third-order valence-electron chi connectivity index (χ3n) is 3.45. The summed E-state index contributed by atoms with van der Waals surface area (Å²) in [6, 6.07) is 14.0. The number of benzene rings is 2. The number of rotatable bonds is 3. The summed E-state index contributed by atoms with van der Waals surface area (Å²) in [5, 5.41) is 0.925. The fourth-order valence-corrected chi connectivity index (χ4v) is 3.77. The van der Waals surface area contributed by atoms with Gasteiger partial charge < -0.3 is 9.47 Å². The summed E-state index contributed by atoms with van der Waals surface area (Å²) in [5.74, 6) is 1.55. The SMILES string of the molecule is ClC(Cc1nc2ccccc2s1)c1ccc2c(c1)OCO2. The highest BCUT2D eigenvalue weighted by atomic mass is 35.5. The molecule has 0 saturated heterocycles. The Morgan fingerprint density at radius 2 is 2.00 bits per heavy atom. The second-order valence-corrected chi connectivity index (χ2v) is 6.50. The van der Waals surface area contributed by atoms with Crippen LogP contribution in [0.2, 0.25) is 0 Å². The van der Waals surface area contributed by atoms with Crippen LogP contribution in [0.4, 0.5) is 0 Å². The molecule has 3 nitrogen and oxygen atoms in total. The lowest BCUT2D eigenvalue weighted by atomic mass is 10.1. The minimum atomic E-state index is -0.125. The van der Waals surface area contributed by atoms with E-state index in [9.17, 15) is 0 Å². The first-order valence-electron chi connectivity index (χ1n) is 6.68. The molecule has 1 aliphatic heterocycles. The number of nitrogens with zero attached hydrogens (tertiary/aromatic N) is 1. The topological polar surface area (TPSA) is 31.4 Å². The van der Waals surface area contributed by atoms with Crippen molar-refractivity contribution in [1.82, 2.24) is 4.98 Å². The predicted octanol–water partition coefficient (Wildman–Crippen LogP) is 4.55. The molecule has 2 heterocycles. The molecule has 1 unspecified atom stereocenters. The minimum Gasteiger partial charge on any atom is -0.454 e. The van der Waals surface area contributed by atoms with Crippen molar-refractivity contribution in [2.75, 3.05) is 6.79 Å². The first kappa shape index (κ1) is 12.9. The van der Waals surface area contributed by atoms with Gasteiger partial charge in [-0.25, -0.2) is 4.98 Å². The Bertz CT molecular complexity index is 769. The summed E-state index contributed by atoms with van der Waals surface area (Å²) in [7, 11) is 0. The van der Waals surface area contributed by atoms with Gasteiger partial charge >= 0.3 is 0 Å². The highest BCUT2D eigenvalue weighted by molar-refractivity contribution is 7.18. The molecule has 2 aromatic carbocycles. The van der Waals surface area contributed by atoms with Crippen molar-refractivity contribution in [3.63, 3.8) is 0 Å². The Labute approximate surface area is 131 Å². The van der Waals surface area contributed by atoms with Crippen LogP contribution < -0.4 is 9.47 Å². The number of thiazole rings is 1. The van der Waals surface area contributed by atoms with E-state index in [1.54, 1.807) is 11.3 Å². The van der Waals surface area contributed by atoms with E-state index in [-0.39, 0.29) is 12.2 Å². The van der Waals surface area contributed by atoms with Crippen molar-refractivity contribution < 1.29 is 9.47 Å². The first-order chi connectivity index (χ1) is 10.3. The van der Waals surface area contributed by atoms with Crippen molar-refractivity contribution in [2.24, 2.45) is 0 Å². The Hall–Kier alpha value is -1.78. The summed E-state index contributed by atoms with van der Waals surface area (Å²) < 4.78 is 11.9. The number of hydrogen-bond acceptors (Lipinski definition) is 4. The molecular formula is C16H12ClNO2S. The van der Waals surface area contributed by atoms with E-state index in [0.717, 1.165) is 27.6 Å². The van der Waals surface area contributed by atoms with Gasteiger partial charge in [-0.1, -0.05) is 18.2 Å². The third kappa shape index (κ3) is 2.45. The lowest BCUT2D eigenvalue weighted by Crippen LogP contribution is -1.95. The van der Waals surface area contributed by atoms with Crippen molar-refractivity contribution in [2.45, 2.75) is 11.8 Å². The van der Waals surface area contributed by atoms with Crippen LogP contribution in [0.1, 0.15) is 15.9 Å². The van der Waals surface area contributed by atoms with Crippen molar-refractivity contribution in [3.8, 4) is 11.5 Å². The second-order valence-electron chi connectivity index (χ2n) is 4.86. The van der Waals surface area contributed by atoms with E-state index < -0.39 is 0 Å². The number of alkyl halides is 1. The van der Waals surface area contributed by atoms with Gasteiger partial charge in [0, 0.05) is 6.42 Å². The van der Waals surface area contributed by atoms with Gasteiger partial charge in [0.2, 0.25) is 6.79 Å². The number of halogens is 1. The monoisotopic (exact) mass is 317 g/mol. The minimum absolute atomic E-state index is 0.125. The van der Waals surface area contributed by atoms with Gasteiger partial charge in [0.05, 0.1) is 20.6 Å². The van der Waals surface area contributed by atoms with Crippen LogP contribution in [0.15, 0.2) is 42.5 Å². The summed E-state index contributed by atoms with van der Waals surface area (Å²) in [5.41, 5.74) is 2.06. The molecular weight excluding hydrogens is 306 g/mol. The Morgan fingerprint density at radius 3 is 2.90 bits per heavy atom. The van der Waals surface area contributed by atoms with E-state index in [2.05, 4.69) is 11.1 Å². The fourth-order valence-electron chi connectivity index (χ4n) is 2.39. The smallest absolute Gasteiger partial charge is 0.231 e. The number of ether oxygens (including phenoxy) is 2. The molecule has 0 aliphatic carbocycles. The van der Waals surface area contributed by atoms with Crippen LogP contribution in [0.5, 0.6) is 11.5 Å². The zero-order chi connectivity index (χ0) is 14.2. The van der Waals surface area contributed by atoms with E-state index in [1.165, 1.54) is 4.70 Å². The molecule has 0 radical (unpaired) electrons. The molecule has 1 aromatic heterocycles. The zero-order valence-corrected chi connectivity index (χ0v) is 12.7. The second kappa shape index (κ2) is 5.20. The third-order valence-corrected chi connectivity index (χ3v) is 4.92. The van der Waals surface area contributed by atoms with Crippen molar-refractivity contribution in [3.05, 3.63) is 53.0 Å². The van der Waals surface area contributed by atoms with Gasteiger partial charge in [-0.05, 0) is 29.8 Å². The van der Waals surface area contributed by atoms with E-state index in [0.29, 0.717) is 6.42 Å². The van der Waals surface area contributed by atoms with Gasteiger partial charge in [0.25, 0.3) is 0 Å². The van der Waals surface area contributed by atoms with Crippen LogP contribution >= 0.6 is 22.9 Å². The highest BCUT2D eigenvalue weighted by Gasteiger charge is 2.18. The van der Waals surface area contributed by atoms with Crippen LogP contribution in [-0.4, -0.2) is 11.8 Å². The summed E-state index contributed by atoms with van der Waals surface area (Å²) in [4.78, 5) is 4.63. The molecule has 0 spiro atoms. The molecule has 1 atom stereocenters. The maximum Gasteiger partial charge on any atom is 0.231 e. The van der Waals surface area contributed by atoms with E-state index >= 15 is 0 Å². The molecule has 0 amide bonds. The average Bonchev–Trinajstić information content (AvgIpc) is 3.11. The molecule has 0 fully saturated rings. The average molecular weight is 318 g/mol. The molecule has 21 heavy (non-hydrogen) atoms. The number of para-hydroxylation sites is 1. The largest absolute Gasteiger partial charge is 0.454 e. The summed E-state index contributed by atoms with van der Waals surface area (Å²) >= 11 is 8.23. The molecule has 0 bridgehead atoms. The molecule has 1 aliphatic rings. The lowest BCUT2D eigenvalue weighted by Gasteiger charge is -2.08. The van der Waals surface area contributed by atoms with Gasteiger partial charge in [-0.2, -0.15) is 0 Å². The Morgan fingerprint density at radius 1 is 1.14 bits per heavy atom. The molecule has 4 rings (SSSR count). The van der Waals surface area contributed by atoms with E-state index in [1.807, 2.05) is 36.4 Å². The van der Waals surface area contributed by atoms with Crippen LogP contribution in [0.25, 0.3) is 10.2 Å². The molecule has 3 aromatic rings. The lowest BCUT2D eigenvalue weighted by molar-refractivity contribution is 0.174. The van der Waals surface area contributed by atoms with Crippen LogP contribution in [0.3, 0.4) is 0 Å². The number of fused-ring (bicyclic) bond motifs is 2. The number of aromatic nitrogens is 1. The first-order valence-corrected chi connectivity index (χ1v) is 7.93. The van der Waals surface area contributed by atoms with Crippen LogP contribution in [-0.2, 0) is 6.42 Å². The maximum atomic E-state index is 6.54. The van der Waals surface area contributed by atoms with Crippen molar-refractivity contribution >= 4 is 33.2 Å². The van der Waals surface area contributed by atoms with E-state index in [4.69, 9.17) is 21.1 Å². The molecule has 106 valence electrons. The van der Waals surface area contributed by atoms with Crippen molar-refractivity contribution in [1.29, 1.82) is 0 Å². The molecule has 0 saturated carbocycles. The Balaban J connectivity index is 1.58. The quantitative estimate of drug-likeness (QED) is 0.664. The molecule has 0 N–H and O–H groups in total. The van der Waals surface area contributed by atoms with Gasteiger partial charge in [0.1, 0.15) is 0 Å². The fraction of sp³-hybridized carbons (Fsp3) is 0.188. The standard InChI is InChI=1S/C16H12ClNO2S/c17-11(10-5-6-13-14(7-10)20-9-19-13)8-16-18-12-3-1-2-4-15(12)21-16/h1-7,11H,8-9H2. The van der Waals surface area contributed by atoms with Crippen LogP contribution in [0, 0.1) is 0 Å². The normalized spacial score (nSPS) is 14.5. The highest BCUT2D eigenvalue weighted by Crippen LogP contribution is 2.37. The Kier molecular flexibility index (Phi) is 3.20. The summed E-state index contributed by atoms with van der Waals surface area (Å²) in [6.45, 7) is 0.281.